The maximum absolute atomic E-state index is 11.7. The molecule has 1 aromatic rings. The zero-order chi connectivity index (χ0) is 13.9. The highest BCUT2D eigenvalue weighted by molar-refractivity contribution is 5.93. The maximum atomic E-state index is 11.7. The standard InChI is InChI=1S/C15H25N3O/c1-3-18(4-2)12-7-5-6-11-17-15(19)14-9-8-10-16-13-14/h8-10,13H,3-7,11-12H2,1-2H3,(H,17,19). The summed E-state index contributed by atoms with van der Waals surface area (Å²) >= 11 is 0. The Morgan fingerprint density at radius 1 is 1.26 bits per heavy atom. The summed E-state index contributed by atoms with van der Waals surface area (Å²) in [7, 11) is 0. The van der Waals surface area contributed by atoms with Crippen LogP contribution < -0.4 is 5.32 Å². The van der Waals surface area contributed by atoms with Gasteiger partial charge in [0.25, 0.3) is 5.91 Å². The van der Waals surface area contributed by atoms with E-state index in [-0.39, 0.29) is 5.91 Å². The Morgan fingerprint density at radius 3 is 2.68 bits per heavy atom. The van der Waals surface area contributed by atoms with Gasteiger partial charge < -0.3 is 10.2 Å². The summed E-state index contributed by atoms with van der Waals surface area (Å²) in [5, 5.41) is 2.92. The van der Waals surface area contributed by atoms with E-state index in [4.69, 9.17) is 0 Å². The van der Waals surface area contributed by atoms with Gasteiger partial charge in [-0.15, -0.1) is 0 Å². The minimum atomic E-state index is -0.0307. The van der Waals surface area contributed by atoms with Crippen LogP contribution in [0.3, 0.4) is 0 Å². The molecule has 4 nitrogen and oxygen atoms in total. The fourth-order valence-corrected chi connectivity index (χ4v) is 1.98. The predicted octanol–water partition coefficient (Wildman–Crippen LogP) is 2.32. The second-order valence-electron chi connectivity index (χ2n) is 4.59. The Bertz CT molecular complexity index is 350. The van der Waals surface area contributed by atoms with Crippen LogP contribution >= 0.6 is 0 Å². The van der Waals surface area contributed by atoms with E-state index in [2.05, 4.69) is 29.0 Å². The molecule has 106 valence electrons. The van der Waals surface area contributed by atoms with E-state index in [1.54, 1.807) is 24.5 Å². The number of pyridine rings is 1. The molecule has 1 heterocycles. The molecular formula is C15H25N3O. The third-order valence-electron chi connectivity index (χ3n) is 3.25. The average Bonchev–Trinajstić information content (AvgIpc) is 2.47. The van der Waals surface area contributed by atoms with Gasteiger partial charge in [0.1, 0.15) is 0 Å². The highest BCUT2D eigenvalue weighted by Crippen LogP contribution is 1.99. The largest absolute Gasteiger partial charge is 0.352 e. The predicted molar refractivity (Wildman–Crippen MR) is 78.2 cm³/mol. The quantitative estimate of drug-likeness (QED) is 0.695. The van der Waals surface area contributed by atoms with Crippen molar-refractivity contribution in [1.82, 2.24) is 15.2 Å². The molecular weight excluding hydrogens is 238 g/mol. The van der Waals surface area contributed by atoms with Crippen LogP contribution in [-0.2, 0) is 0 Å². The molecule has 19 heavy (non-hydrogen) atoms. The number of rotatable bonds is 9. The first-order valence-corrected chi connectivity index (χ1v) is 7.18. The van der Waals surface area contributed by atoms with Gasteiger partial charge >= 0.3 is 0 Å². The zero-order valence-corrected chi connectivity index (χ0v) is 12.1. The van der Waals surface area contributed by atoms with Gasteiger partial charge in [-0.2, -0.15) is 0 Å². The summed E-state index contributed by atoms with van der Waals surface area (Å²) in [5.41, 5.74) is 0.630. The van der Waals surface area contributed by atoms with Crippen molar-refractivity contribution in [2.45, 2.75) is 33.1 Å². The molecule has 0 aliphatic rings. The van der Waals surface area contributed by atoms with Crippen LogP contribution in [0.5, 0.6) is 0 Å². The van der Waals surface area contributed by atoms with Crippen LogP contribution in [0, 0.1) is 0 Å². The first-order chi connectivity index (χ1) is 9.27. The number of carbonyl (C=O) groups is 1. The van der Waals surface area contributed by atoms with Crippen molar-refractivity contribution in [2.24, 2.45) is 0 Å². The Labute approximate surface area is 116 Å². The summed E-state index contributed by atoms with van der Waals surface area (Å²) < 4.78 is 0. The second-order valence-corrected chi connectivity index (χ2v) is 4.59. The van der Waals surface area contributed by atoms with Crippen molar-refractivity contribution in [3.8, 4) is 0 Å². The van der Waals surface area contributed by atoms with Gasteiger partial charge in [0, 0.05) is 18.9 Å². The van der Waals surface area contributed by atoms with E-state index in [9.17, 15) is 4.79 Å². The first kappa shape index (κ1) is 15.6. The molecule has 0 saturated heterocycles. The Hall–Kier alpha value is -1.42. The van der Waals surface area contributed by atoms with Crippen molar-refractivity contribution < 1.29 is 4.79 Å². The van der Waals surface area contributed by atoms with Gasteiger partial charge in [-0.1, -0.05) is 20.3 Å². The molecule has 1 N–H and O–H groups in total. The number of amides is 1. The van der Waals surface area contributed by atoms with Crippen LogP contribution in [0.15, 0.2) is 24.5 Å². The van der Waals surface area contributed by atoms with Crippen molar-refractivity contribution in [1.29, 1.82) is 0 Å². The molecule has 0 saturated carbocycles. The van der Waals surface area contributed by atoms with Gasteiger partial charge in [-0.25, -0.2) is 0 Å². The molecule has 0 atom stereocenters. The molecule has 0 fully saturated rings. The summed E-state index contributed by atoms with van der Waals surface area (Å²) in [4.78, 5) is 18.1. The monoisotopic (exact) mass is 263 g/mol. The first-order valence-electron chi connectivity index (χ1n) is 7.18. The van der Waals surface area contributed by atoms with Crippen LogP contribution in [0.2, 0.25) is 0 Å². The molecule has 0 aliphatic heterocycles. The number of unbranched alkanes of at least 4 members (excludes halogenated alkanes) is 2. The third-order valence-corrected chi connectivity index (χ3v) is 3.25. The Kier molecular flexibility index (Phi) is 7.82. The topological polar surface area (TPSA) is 45.2 Å². The van der Waals surface area contributed by atoms with E-state index >= 15 is 0 Å². The lowest BCUT2D eigenvalue weighted by Crippen LogP contribution is -2.25. The van der Waals surface area contributed by atoms with Gasteiger partial charge in [0.2, 0.25) is 0 Å². The van der Waals surface area contributed by atoms with Gasteiger partial charge in [-0.05, 0) is 44.6 Å². The van der Waals surface area contributed by atoms with E-state index in [0.717, 1.165) is 39.0 Å². The normalized spacial score (nSPS) is 10.7. The van der Waals surface area contributed by atoms with Gasteiger partial charge in [0.15, 0.2) is 0 Å². The van der Waals surface area contributed by atoms with Gasteiger partial charge in [0.05, 0.1) is 5.56 Å². The number of hydrogen-bond donors (Lipinski definition) is 1. The lowest BCUT2D eigenvalue weighted by molar-refractivity contribution is 0.0952. The number of nitrogens with zero attached hydrogens (tertiary/aromatic N) is 2. The highest BCUT2D eigenvalue weighted by Gasteiger charge is 2.03. The molecule has 4 heteroatoms. The Balaban J connectivity index is 2.07. The minimum Gasteiger partial charge on any atom is -0.352 e. The summed E-state index contributed by atoms with van der Waals surface area (Å²) in [6, 6.07) is 3.56. The summed E-state index contributed by atoms with van der Waals surface area (Å²) in [6.07, 6.45) is 6.65. The lowest BCUT2D eigenvalue weighted by Gasteiger charge is -2.17. The van der Waals surface area contributed by atoms with Crippen molar-refractivity contribution in [2.75, 3.05) is 26.2 Å². The third kappa shape index (κ3) is 6.34. The molecule has 0 aromatic carbocycles. The fourth-order valence-electron chi connectivity index (χ4n) is 1.98. The molecule has 1 amide bonds. The minimum absolute atomic E-state index is 0.0307. The smallest absolute Gasteiger partial charge is 0.252 e. The molecule has 0 aliphatic carbocycles. The van der Waals surface area contributed by atoms with Crippen molar-refractivity contribution >= 4 is 5.91 Å². The molecule has 1 rings (SSSR count). The molecule has 0 bridgehead atoms. The van der Waals surface area contributed by atoms with Crippen LogP contribution in [-0.4, -0.2) is 42.0 Å². The van der Waals surface area contributed by atoms with Gasteiger partial charge in [-0.3, -0.25) is 9.78 Å². The van der Waals surface area contributed by atoms with E-state index in [1.165, 1.54) is 6.42 Å². The van der Waals surface area contributed by atoms with Crippen LogP contribution in [0.1, 0.15) is 43.5 Å². The molecule has 0 radical (unpaired) electrons. The van der Waals surface area contributed by atoms with Crippen molar-refractivity contribution in [3.63, 3.8) is 0 Å². The molecule has 1 aromatic heterocycles. The summed E-state index contributed by atoms with van der Waals surface area (Å²) in [5.74, 6) is -0.0307. The lowest BCUT2D eigenvalue weighted by atomic mass is 10.2. The number of aromatic nitrogens is 1. The number of nitrogens with one attached hydrogen (secondary N) is 1. The fraction of sp³-hybridized carbons (Fsp3) is 0.600. The van der Waals surface area contributed by atoms with Crippen LogP contribution in [0.4, 0.5) is 0 Å². The zero-order valence-electron chi connectivity index (χ0n) is 12.1. The summed E-state index contributed by atoms with van der Waals surface area (Å²) in [6.45, 7) is 8.52. The molecule has 0 unspecified atom stereocenters. The maximum Gasteiger partial charge on any atom is 0.252 e. The Morgan fingerprint density at radius 2 is 2.05 bits per heavy atom. The second kappa shape index (κ2) is 9.50. The highest BCUT2D eigenvalue weighted by atomic mass is 16.1. The number of carbonyl (C=O) groups excluding carboxylic acids is 1. The average molecular weight is 263 g/mol. The van der Waals surface area contributed by atoms with Crippen molar-refractivity contribution in [3.05, 3.63) is 30.1 Å². The van der Waals surface area contributed by atoms with E-state index in [0.29, 0.717) is 5.56 Å². The van der Waals surface area contributed by atoms with E-state index < -0.39 is 0 Å². The van der Waals surface area contributed by atoms with E-state index in [1.807, 2.05) is 0 Å². The number of hydrogen-bond acceptors (Lipinski definition) is 3. The van der Waals surface area contributed by atoms with Crippen LogP contribution in [0.25, 0.3) is 0 Å². The molecule has 0 spiro atoms. The SMILES string of the molecule is CCN(CC)CCCCCNC(=O)c1cccnc1.